The third-order valence-corrected chi connectivity index (χ3v) is 5.59. The van der Waals surface area contributed by atoms with Crippen LogP contribution in [0, 0.1) is 0 Å². The van der Waals surface area contributed by atoms with Crippen LogP contribution in [0.5, 0.6) is 11.5 Å². The maximum absolute atomic E-state index is 13.1. The fourth-order valence-electron chi connectivity index (χ4n) is 4.16. The van der Waals surface area contributed by atoms with Crippen molar-refractivity contribution in [2.24, 2.45) is 0 Å². The van der Waals surface area contributed by atoms with Crippen molar-refractivity contribution in [3.63, 3.8) is 0 Å². The minimum atomic E-state index is -1.20. The lowest BCUT2D eigenvalue weighted by Gasteiger charge is -2.17. The molecule has 0 saturated carbocycles. The average Bonchev–Trinajstić information content (AvgIpc) is 3.20. The molecular formula is C24H19NO7. The fourth-order valence-corrected chi connectivity index (χ4v) is 4.16. The van der Waals surface area contributed by atoms with Gasteiger partial charge in [0.25, 0.3) is 5.56 Å². The number of rotatable bonds is 4. The van der Waals surface area contributed by atoms with Crippen LogP contribution in [-0.4, -0.2) is 30.8 Å². The number of H-pyrrole nitrogens is 1. The van der Waals surface area contributed by atoms with Crippen LogP contribution >= 0.6 is 0 Å². The number of carbonyl (C=O) groups excluding carboxylic acids is 1. The van der Waals surface area contributed by atoms with Crippen molar-refractivity contribution in [1.82, 2.24) is 4.98 Å². The van der Waals surface area contributed by atoms with Crippen molar-refractivity contribution >= 4 is 27.8 Å². The van der Waals surface area contributed by atoms with Crippen LogP contribution in [0.4, 0.5) is 0 Å². The number of aromatic amines is 1. The van der Waals surface area contributed by atoms with Crippen molar-refractivity contribution in [2.75, 3.05) is 13.7 Å². The molecule has 0 spiro atoms. The molecule has 2 aromatic heterocycles. The highest BCUT2D eigenvalue weighted by Gasteiger charge is 2.46. The van der Waals surface area contributed by atoms with Crippen molar-refractivity contribution in [1.29, 1.82) is 0 Å². The highest BCUT2D eigenvalue weighted by Crippen LogP contribution is 2.44. The van der Waals surface area contributed by atoms with Crippen LogP contribution in [0.3, 0.4) is 0 Å². The van der Waals surface area contributed by atoms with E-state index in [0.717, 1.165) is 0 Å². The summed E-state index contributed by atoms with van der Waals surface area (Å²) in [7, 11) is 1.54. The van der Waals surface area contributed by atoms with Gasteiger partial charge in [0.15, 0.2) is 0 Å². The van der Waals surface area contributed by atoms with Gasteiger partial charge in [-0.15, -0.1) is 0 Å². The third kappa shape index (κ3) is 3.03. The molecule has 1 N–H and O–H groups in total. The number of nitrogens with one attached hydrogen (secondary N) is 1. The zero-order valence-corrected chi connectivity index (χ0v) is 17.3. The van der Waals surface area contributed by atoms with Gasteiger partial charge in [-0.2, -0.15) is 0 Å². The molecule has 0 radical (unpaired) electrons. The zero-order valence-electron chi connectivity index (χ0n) is 17.3. The first kappa shape index (κ1) is 19.9. The van der Waals surface area contributed by atoms with Gasteiger partial charge in [-0.3, -0.25) is 4.79 Å². The number of ether oxygens (including phenoxy) is 3. The molecule has 1 aliphatic rings. The summed E-state index contributed by atoms with van der Waals surface area (Å²) in [4.78, 5) is 41.7. The van der Waals surface area contributed by atoms with Crippen LogP contribution in [0.15, 0.2) is 62.5 Å². The Hall–Kier alpha value is -4.07. The van der Waals surface area contributed by atoms with E-state index in [-0.39, 0.29) is 23.5 Å². The summed E-state index contributed by atoms with van der Waals surface area (Å²) >= 11 is 0. The average molecular weight is 433 g/mol. The first-order chi connectivity index (χ1) is 15.5. The fraction of sp³-hybridized carbons (Fsp3) is 0.208. The number of benzene rings is 2. The van der Waals surface area contributed by atoms with Crippen molar-refractivity contribution in [3.05, 3.63) is 80.4 Å². The molecule has 8 heteroatoms. The normalized spacial score (nSPS) is 17.2. The van der Waals surface area contributed by atoms with Gasteiger partial charge in [0.05, 0.1) is 36.1 Å². The van der Waals surface area contributed by atoms with Gasteiger partial charge < -0.3 is 23.6 Å². The van der Waals surface area contributed by atoms with Crippen molar-refractivity contribution < 1.29 is 23.4 Å². The van der Waals surface area contributed by atoms with Gasteiger partial charge in [-0.05, 0) is 42.6 Å². The lowest BCUT2D eigenvalue weighted by molar-refractivity contribution is -0.151. The molecule has 0 aliphatic carbocycles. The summed E-state index contributed by atoms with van der Waals surface area (Å²) < 4.78 is 21.9. The summed E-state index contributed by atoms with van der Waals surface area (Å²) in [5, 5.41) is 1.25. The number of esters is 1. The second-order valence-corrected chi connectivity index (χ2v) is 7.40. The molecule has 0 amide bonds. The van der Waals surface area contributed by atoms with E-state index in [1.54, 1.807) is 55.5 Å². The van der Waals surface area contributed by atoms with Gasteiger partial charge in [0.2, 0.25) is 6.10 Å². The molecule has 1 aliphatic heterocycles. The predicted molar refractivity (Wildman–Crippen MR) is 116 cm³/mol. The molecule has 162 valence electrons. The largest absolute Gasteiger partial charge is 0.497 e. The molecule has 2 atom stereocenters. The number of hydrogen-bond acceptors (Lipinski definition) is 7. The number of carbonyl (C=O) groups is 1. The molecule has 0 fully saturated rings. The summed E-state index contributed by atoms with van der Waals surface area (Å²) in [6.45, 7) is 1.81. The summed E-state index contributed by atoms with van der Waals surface area (Å²) in [5.74, 6) is -0.826. The SMILES string of the molecule is CCOC(=O)[C@H]1Oc2c(c(=O)oc3ccccc23)[C@H]1c1cc2ccc(OC)cc2[nH]c1=O. The van der Waals surface area contributed by atoms with E-state index in [9.17, 15) is 14.4 Å². The highest BCUT2D eigenvalue weighted by atomic mass is 16.6. The van der Waals surface area contributed by atoms with Crippen molar-refractivity contribution in [2.45, 2.75) is 18.9 Å². The summed E-state index contributed by atoms with van der Waals surface area (Å²) in [6, 6.07) is 13.8. The summed E-state index contributed by atoms with van der Waals surface area (Å²) in [5.41, 5.74) is 0.121. The Morgan fingerprint density at radius 3 is 2.72 bits per heavy atom. The number of methoxy groups -OCH3 is 1. The molecule has 32 heavy (non-hydrogen) atoms. The first-order valence-corrected chi connectivity index (χ1v) is 10.1. The summed E-state index contributed by atoms with van der Waals surface area (Å²) in [6.07, 6.45) is -1.20. The number of pyridine rings is 1. The molecule has 5 rings (SSSR count). The third-order valence-electron chi connectivity index (χ3n) is 5.59. The molecule has 3 heterocycles. The smallest absolute Gasteiger partial charge is 0.348 e. The van der Waals surface area contributed by atoms with E-state index in [0.29, 0.717) is 27.6 Å². The number of fused-ring (bicyclic) bond motifs is 4. The lowest BCUT2D eigenvalue weighted by atomic mass is 9.88. The predicted octanol–water partition coefficient (Wildman–Crippen LogP) is 3.10. The van der Waals surface area contributed by atoms with Crippen LogP contribution in [0.25, 0.3) is 21.9 Å². The first-order valence-electron chi connectivity index (χ1n) is 10.1. The topological polar surface area (TPSA) is 108 Å². The minimum absolute atomic E-state index is 0.125. The van der Waals surface area contributed by atoms with Gasteiger partial charge in [0.1, 0.15) is 17.1 Å². The Labute approximate surface area is 181 Å². The standard InChI is InChI=1S/C24H19NO7/c1-3-30-24(28)21-18(15-10-12-8-9-13(29-2)11-16(12)25-22(15)26)19-20(32-21)14-6-4-5-7-17(14)31-23(19)27/h4-11,18,21H,3H2,1-2H3,(H,25,26)/t18-,21+/m1/s1. The number of aromatic nitrogens is 1. The molecule has 0 saturated heterocycles. The van der Waals surface area contributed by atoms with E-state index in [1.807, 2.05) is 0 Å². The van der Waals surface area contributed by atoms with E-state index in [2.05, 4.69) is 4.98 Å². The van der Waals surface area contributed by atoms with Gasteiger partial charge >= 0.3 is 11.6 Å². The number of hydrogen-bond donors (Lipinski definition) is 1. The lowest BCUT2D eigenvalue weighted by Crippen LogP contribution is -2.35. The van der Waals surface area contributed by atoms with E-state index < -0.39 is 29.2 Å². The molecule has 0 bridgehead atoms. The quantitative estimate of drug-likeness (QED) is 0.389. The Bertz CT molecular complexity index is 1480. The van der Waals surface area contributed by atoms with Gasteiger partial charge in [-0.1, -0.05) is 12.1 Å². The molecule has 2 aromatic carbocycles. The Kier molecular flexibility index (Phi) is 4.70. The zero-order chi connectivity index (χ0) is 22.4. The number of para-hydroxylation sites is 1. The van der Waals surface area contributed by atoms with E-state index >= 15 is 0 Å². The molecule has 0 unspecified atom stereocenters. The maximum atomic E-state index is 13.1. The van der Waals surface area contributed by atoms with Crippen molar-refractivity contribution in [3.8, 4) is 11.5 Å². The van der Waals surface area contributed by atoms with Crippen LogP contribution in [0.1, 0.15) is 24.0 Å². The van der Waals surface area contributed by atoms with Gasteiger partial charge in [-0.25, -0.2) is 9.59 Å². The van der Waals surface area contributed by atoms with Crippen LogP contribution in [0.2, 0.25) is 0 Å². The van der Waals surface area contributed by atoms with Gasteiger partial charge in [0, 0.05) is 11.6 Å². The monoisotopic (exact) mass is 433 g/mol. The van der Waals surface area contributed by atoms with Crippen LogP contribution in [-0.2, 0) is 9.53 Å². The van der Waals surface area contributed by atoms with E-state index in [4.69, 9.17) is 18.6 Å². The molecular weight excluding hydrogens is 414 g/mol. The maximum Gasteiger partial charge on any atom is 0.348 e. The minimum Gasteiger partial charge on any atom is -0.497 e. The molecule has 4 aromatic rings. The Morgan fingerprint density at radius 2 is 1.94 bits per heavy atom. The Morgan fingerprint density at radius 1 is 1.12 bits per heavy atom. The van der Waals surface area contributed by atoms with Crippen LogP contribution < -0.4 is 20.7 Å². The molecule has 8 nitrogen and oxygen atoms in total. The second kappa shape index (κ2) is 7.56. The van der Waals surface area contributed by atoms with E-state index in [1.165, 1.54) is 7.11 Å². The Balaban J connectivity index is 1.77. The second-order valence-electron chi connectivity index (χ2n) is 7.40. The highest BCUT2D eigenvalue weighted by molar-refractivity contribution is 5.89.